The minimum Gasteiger partial charge on any atom is -0.473 e. The standard InChI is InChI=1S/C13H11BrFNO.C2H6/c14-12-2-1-3-13(16-12)17-9-11-6-4-10(8-15)5-7-11;1-2/h1-7H,8-9H2;1-2H3. The Labute approximate surface area is 121 Å². The molecule has 1 aromatic heterocycles. The van der Waals surface area contributed by atoms with Gasteiger partial charge >= 0.3 is 0 Å². The van der Waals surface area contributed by atoms with Crippen molar-refractivity contribution in [2.24, 2.45) is 0 Å². The first-order chi connectivity index (χ1) is 9.28. The zero-order chi connectivity index (χ0) is 14.1. The van der Waals surface area contributed by atoms with Gasteiger partial charge in [0.15, 0.2) is 0 Å². The molecule has 0 aliphatic carbocycles. The highest BCUT2D eigenvalue weighted by atomic mass is 79.9. The number of benzene rings is 1. The van der Waals surface area contributed by atoms with Crippen LogP contribution in [0.2, 0.25) is 0 Å². The number of hydrogen-bond acceptors (Lipinski definition) is 2. The largest absolute Gasteiger partial charge is 0.473 e. The van der Waals surface area contributed by atoms with E-state index < -0.39 is 6.67 Å². The third kappa shape index (κ3) is 5.39. The van der Waals surface area contributed by atoms with E-state index in [0.717, 1.165) is 10.2 Å². The Bertz CT molecular complexity index is 488. The number of hydrogen-bond donors (Lipinski definition) is 0. The van der Waals surface area contributed by atoms with Crippen molar-refractivity contribution in [3.8, 4) is 5.88 Å². The fraction of sp³-hybridized carbons (Fsp3) is 0.267. The minimum atomic E-state index is -0.436. The molecule has 2 rings (SSSR count). The van der Waals surface area contributed by atoms with Gasteiger partial charge in [-0.2, -0.15) is 0 Å². The summed E-state index contributed by atoms with van der Waals surface area (Å²) in [6.45, 7) is 3.99. The Morgan fingerprint density at radius 2 is 1.68 bits per heavy atom. The molecule has 0 aliphatic heterocycles. The molecule has 19 heavy (non-hydrogen) atoms. The number of pyridine rings is 1. The first-order valence-corrected chi connectivity index (χ1v) is 6.96. The van der Waals surface area contributed by atoms with Gasteiger partial charge in [0.2, 0.25) is 5.88 Å². The summed E-state index contributed by atoms with van der Waals surface area (Å²) in [6.07, 6.45) is 0. The maximum atomic E-state index is 12.3. The van der Waals surface area contributed by atoms with Crippen LogP contribution in [0, 0.1) is 0 Å². The average Bonchev–Trinajstić information content (AvgIpc) is 2.48. The maximum Gasteiger partial charge on any atom is 0.214 e. The van der Waals surface area contributed by atoms with Gasteiger partial charge in [0, 0.05) is 6.07 Å². The van der Waals surface area contributed by atoms with Gasteiger partial charge in [-0.1, -0.05) is 44.2 Å². The maximum absolute atomic E-state index is 12.3. The summed E-state index contributed by atoms with van der Waals surface area (Å²) in [5, 5.41) is 0. The third-order valence-electron chi connectivity index (χ3n) is 2.25. The third-order valence-corrected chi connectivity index (χ3v) is 2.70. The second-order valence-corrected chi connectivity index (χ2v) is 4.35. The molecule has 1 aromatic carbocycles. The van der Waals surface area contributed by atoms with Gasteiger partial charge in [-0.05, 0) is 33.1 Å². The lowest BCUT2D eigenvalue weighted by Crippen LogP contribution is -1.97. The van der Waals surface area contributed by atoms with E-state index in [2.05, 4.69) is 20.9 Å². The molecule has 2 aromatic rings. The lowest BCUT2D eigenvalue weighted by molar-refractivity contribution is 0.293. The van der Waals surface area contributed by atoms with Crippen molar-refractivity contribution in [1.29, 1.82) is 0 Å². The number of aromatic nitrogens is 1. The van der Waals surface area contributed by atoms with E-state index in [4.69, 9.17) is 4.74 Å². The Balaban J connectivity index is 0.000000861. The average molecular weight is 326 g/mol. The predicted molar refractivity (Wildman–Crippen MR) is 78.9 cm³/mol. The number of ether oxygens (including phenoxy) is 1. The van der Waals surface area contributed by atoms with Crippen LogP contribution in [0.4, 0.5) is 4.39 Å². The van der Waals surface area contributed by atoms with Crippen molar-refractivity contribution in [2.75, 3.05) is 0 Å². The van der Waals surface area contributed by atoms with Gasteiger partial charge in [-0.25, -0.2) is 9.37 Å². The van der Waals surface area contributed by atoms with Crippen LogP contribution in [0.15, 0.2) is 47.1 Å². The van der Waals surface area contributed by atoms with Crippen LogP contribution < -0.4 is 4.74 Å². The van der Waals surface area contributed by atoms with E-state index in [9.17, 15) is 4.39 Å². The Hall–Kier alpha value is -1.42. The second kappa shape index (κ2) is 8.64. The number of rotatable bonds is 4. The van der Waals surface area contributed by atoms with E-state index in [1.54, 1.807) is 18.2 Å². The van der Waals surface area contributed by atoms with Gasteiger partial charge in [0.1, 0.15) is 17.9 Å². The molecular formula is C15H17BrFNO. The summed E-state index contributed by atoms with van der Waals surface area (Å²) >= 11 is 3.27. The Kier molecular flexibility index (Phi) is 7.11. The fourth-order valence-corrected chi connectivity index (χ4v) is 1.68. The first-order valence-electron chi connectivity index (χ1n) is 6.17. The molecule has 0 spiro atoms. The molecule has 0 amide bonds. The molecule has 0 radical (unpaired) electrons. The first kappa shape index (κ1) is 15.6. The Morgan fingerprint density at radius 1 is 1.05 bits per heavy atom. The quantitative estimate of drug-likeness (QED) is 0.744. The van der Waals surface area contributed by atoms with Gasteiger partial charge in [-0.15, -0.1) is 0 Å². The lowest BCUT2D eigenvalue weighted by Gasteiger charge is -2.05. The van der Waals surface area contributed by atoms with Crippen LogP contribution in [-0.4, -0.2) is 4.98 Å². The molecule has 102 valence electrons. The molecule has 4 heteroatoms. The molecule has 0 N–H and O–H groups in total. The molecular weight excluding hydrogens is 309 g/mol. The highest BCUT2D eigenvalue weighted by Crippen LogP contribution is 2.14. The normalized spacial score (nSPS) is 9.47. The van der Waals surface area contributed by atoms with Crippen LogP contribution in [-0.2, 0) is 13.3 Å². The van der Waals surface area contributed by atoms with Crippen LogP contribution in [0.1, 0.15) is 25.0 Å². The zero-order valence-electron chi connectivity index (χ0n) is 11.1. The number of nitrogens with zero attached hydrogens (tertiary/aromatic N) is 1. The van der Waals surface area contributed by atoms with Crippen molar-refractivity contribution < 1.29 is 9.13 Å². The number of alkyl halides is 1. The molecule has 0 saturated carbocycles. The van der Waals surface area contributed by atoms with Crippen molar-refractivity contribution in [2.45, 2.75) is 27.1 Å². The van der Waals surface area contributed by atoms with E-state index in [1.165, 1.54) is 0 Å². The summed E-state index contributed by atoms with van der Waals surface area (Å²) in [6, 6.07) is 12.7. The van der Waals surface area contributed by atoms with Gasteiger partial charge in [0.25, 0.3) is 0 Å². The monoisotopic (exact) mass is 325 g/mol. The van der Waals surface area contributed by atoms with E-state index >= 15 is 0 Å². The molecule has 1 heterocycles. The van der Waals surface area contributed by atoms with Gasteiger partial charge < -0.3 is 4.74 Å². The van der Waals surface area contributed by atoms with E-state index in [0.29, 0.717) is 18.1 Å². The minimum absolute atomic E-state index is 0.427. The summed E-state index contributed by atoms with van der Waals surface area (Å²) in [5.74, 6) is 0.564. The Morgan fingerprint density at radius 3 is 2.26 bits per heavy atom. The second-order valence-electron chi connectivity index (χ2n) is 3.54. The highest BCUT2D eigenvalue weighted by Gasteiger charge is 1.98. The summed E-state index contributed by atoms with van der Waals surface area (Å²) in [7, 11) is 0. The van der Waals surface area contributed by atoms with Crippen molar-refractivity contribution in [3.05, 3.63) is 58.2 Å². The molecule has 0 bridgehead atoms. The van der Waals surface area contributed by atoms with Crippen LogP contribution in [0.3, 0.4) is 0 Å². The van der Waals surface area contributed by atoms with E-state index in [1.807, 2.05) is 38.1 Å². The number of halogens is 2. The van der Waals surface area contributed by atoms with Gasteiger partial charge in [-0.3, -0.25) is 0 Å². The molecule has 0 fully saturated rings. The van der Waals surface area contributed by atoms with Crippen molar-refractivity contribution in [3.63, 3.8) is 0 Å². The zero-order valence-corrected chi connectivity index (χ0v) is 12.7. The lowest BCUT2D eigenvalue weighted by atomic mass is 10.2. The SMILES string of the molecule is CC.FCc1ccc(COc2cccc(Br)n2)cc1. The summed E-state index contributed by atoms with van der Waals surface area (Å²) in [5.41, 5.74) is 1.67. The molecule has 0 aliphatic rings. The van der Waals surface area contributed by atoms with Crippen molar-refractivity contribution in [1.82, 2.24) is 4.98 Å². The molecule has 0 atom stereocenters. The van der Waals surface area contributed by atoms with Gasteiger partial charge in [0.05, 0.1) is 0 Å². The smallest absolute Gasteiger partial charge is 0.214 e. The summed E-state index contributed by atoms with van der Waals surface area (Å²) < 4.78 is 18.6. The molecule has 2 nitrogen and oxygen atoms in total. The topological polar surface area (TPSA) is 22.1 Å². The molecule has 0 saturated heterocycles. The van der Waals surface area contributed by atoms with E-state index in [-0.39, 0.29) is 0 Å². The molecule has 0 unspecified atom stereocenters. The predicted octanol–water partition coefficient (Wildman–Crippen LogP) is 4.92. The van der Waals surface area contributed by atoms with Crippen molar-refractivity contribution >= 4 is 15.9 Å². The summed E-state index contributed by atoms with van der Waals surface area (Å²) in [4.78, 5) is 4.16. The van der Waals surface area contributed by atoms with Crippen LogP contribution >= 0.6 is 15.9 Å². The van der Waals surface area contributed by atoms with Crippen LogP contribution in [0.25, 0.3) is 0 Å². The fourth-order valence-electron chi connectivity index (χ4n) is 1.35. The van der Waals surface area contributed by atoms with Crippen LogP contribution in [0.5, 0.6) is 5.88 Å². The highest BCUT2D eigenvalue weighted by molar-refractivity contribution is 9.10.